The molecule has 0 unspecified atom stereocenters. The molecule has 0 bridgehead atoms. The molecule has 0 spiro atoms. The molecule has 2 aromatic rings. The van der Waals surface area contributed by atoms with E-state index in [1.807, 2.05) is 25.1 Å². The number of carbonyl (C=O) groups is 2. The van der Waals surface area contributed by atoms with Crippen LogP contribution in [-0.2, 0) is 4.79 Å². The highest BCUT2D eigenvalue weighted by Gasteiger charge is 2.35. The van der Waals surface area contributed by atoms with E-state index in [0.29, 0.717) is 23.6 Å². The number of aliphatic carboxylic acids is 1. The van der Waals surface area contributed by atoms with Crippen molar-refractivity contribution in [1.29, 1.82) is 0 Å². The number of para-hydroxylation sites is 1. The minimum atomic E-state index is -0.962. The fraction of sp³-hybridized carbons (Fsp3) is 0.389. The lowest BCUT2D eigenvalue weighted by Gasteiger charge is -2.26. The molecule has 0 fully saturated rings. The SMILES string of the molecule is CCC(CC)(CNC(=O)c1cc(C)n(-c2ccccc2Cl)n1)C(=O)O. The van der Waals surface area contributed by atoms with Crippen molar-refractivity contribution in [2.45, 2.75) is 33.6 Å². The average molecular weight is 364 g/mol. The van der Waals surface area contributed by atoms with Gasteiger partial charge in [0.15, 0.2) is 5.69 Å². The van der Waals surface area contributed by atoms with Crippen molar-refractivity contribution < 1.29 is 14.7 Å². The third kappa shape index (κ3) is 3.85. The molecule has 0 radical (unpaired) electrons. The van der Waals surface area contributed by atoms with Crippen LogP contribution in [0, 0.1) is 12.3 Å². The van der Waals surface area contributed by atoms with Crippen molar-refractivity contribution in [1.82, 2.24) is 15.1 Å². The fourth-order valence-corrected chi connectivity index (χ4v) is 2.89. The summed E-state index contributed by atoms with van der Waals surface area (Å²) in [7, 11) is 0. The summed E-state index contributed by atoms with van der Waals surface area (Å²) < 4.78 is 1.60. The molecule has 0 aliphatic heterocycles. The van der Waals surface area contributed by atoms with Crippen LogP contribution in [0.15, 0.2) is 30.3 Å². The van der Waals surface area contributed by atoms with Crippen LogP contribution in [0.4, 0.5) is 0 Å². The maximum Gasteiger partial charge on any atom is 0.311 e. The molecule has 2 rings (SSSR count). The van der Waals surface area contributed by atoms with Crippen molar-refractivity contribution in [3.8, 4) is 5.69 Å². The van der Waals surface area contributed by atoms with Gasteiger partial charge >= 0.3 is 5.97 Å². The van der Waals surface area contributed by atoms with E-state index in [1.54, 1.807) is 30.7 Å². The van der Waals surface area contributed by atoms with E-state index in [1.165, 1.54) is 0 Å². The third-order valence-corrected chi connectivity index (χ3v) is 4.91. The molecule has 1 aromatic carbocycles. The summed E-state index contributed by atoms with van der Waals surface area (Å²) in [4.78, 5) is 23.9. The van der Waals surface area contributed by atoms with Gasteiger partial charge in [0.05, 0.1) is 16.1 Å². The highest BCUT2D eigenvalue weighted by molar-refractivity contribution is 6.32. The minimum Gasteiger partial charge on any atom is -0.481 e. The van der Waals surface area contributed by atoms with Gasteiger partial charge in [-0.15, -0.1) is 0 Å². The molecule has 25 heavy (non-hydrogen) atoms. The average Bonchev–Trinajstić information content (AvgIpc) is 2.98. The molecule has 0 aliphatic rings. The summed E-state index contributed by atoms with van der Waals surface area (Å²) >= 11 is 6.19. The zero-order valence-electron chi connectivity index (χ0n) is 14.5. The fourth-order valence-electron chi connectivity index (χ4n) is 2.67. The summed E-state index contributed by atoms with van der Waals surface area (Å²) in [6.45, 7) is 5.50. The number of aromatic nitrogens is 2. The molecule has 134 valence electrons. The topological polar surface area (TPSA) is 84.2 Å². The van der Waals surface area contributed by atoms with Gasteiger partial charge in [0.1, 0.15) is 0 Å². The number of hydrogen-bond donors (Lipinski definition) is 2. The number of rotatable bonds is 7. The van der Waals surface area contributed by atoms with Gasteiger partial charge in [-0.05, 0) is 38.0 Å². The van der Waals surface area contributed by atoms with Gasteiger partial charge in [-0.1, -0.05) is 37.6 Å². The number of carboxylic acids is 1. The Morgan fingerprint density at radius 3 is 2.48 bits per heavy atom. The molecule has 0 saturated heterocycles. The molecule has 1 aromatic heterocycles. The largest absolute Gasteiger partial charge is 0.481 e. The molecule has 0 aliphatic carbocycles. The van der Waals surface area contributed by atoms with Crippen LogP contribution >= 0.6 is 11.6 Å². The second-order valence-corrected chi connectivity index (χ2v) is 6.42. The zero-order chi connectivity index (χ0) is 18.6. The summed E-state index contributed by atoms with van der Waals surface area (Å²) in [6.07, 6.45) is 0.873. The molecule has 6 nitrogen and oxygen atoms in total. The standard InChI is InChI=1S/C18H22ClN3O3/c1-4-18(5-2,17(24)25)11-20-16(23)14-10-12(3)22(21-14)15-9-7-6-8-13(15)19/h6-10H,4-5,11H2,1-3H3,(H,20,23)(H,24,25). The Hall–Kier alpha value is -2.34. The quantitative estimate of drug-likeness (QED) is 0.789. The van der Waals surface area contributed by atoms with Crippen LogP contribution < -0.4 is 5.32 Å². The number of nitrogens with one attached hydrogen (secondary N) is 1. The smallest absolute Gasteiger partial charge is 0.311 e. The lowest BCUT2D eigenvalue weighted by Crippen LogP contribution is -2.42. The first-order valence-corrected chi connectivity index (χ1v) is 8.55. The van der Waals surface area contributed by atoms with Crippen molar-refractivity contribution in [3.63, 3.8) is 0 Å². The first-order chi connectivity index (χ1) is 11.8. The molecular formula is C18H22ClN3O3. The summed E-state index contributed by atoms with van der Waals surface area (Å²) in [5.41, 5.74) is 0.705. The van der Waals surface area contributed by atoms with E-state index in [4.69, 9.17) is 11.6 Å². The predicted molar refractivity (Wildman–Crippen MR) is 96.3 cm³/mol. The molecular weight excluding hydrogens is 342 g/mol. The molecule has 0 saturated carbocycles. The molecule has 1 amide bonds. The molecule has 2 N–H and O–H groups in total. The summed E-state index contributed by atoms with van der Waals surface area (Å²) in [5.74, 6) is -1.31. The Morgan fingerprint density at radius 1 is 1.28 bits per heavy atom. The number of hydrogen-bond acceptors (Lipinski definition) is 3. The van der Waals surface area contributed by atoms with E-state index in [-0.39, 0.29) is 12.2 Å². The van der Waals surface area contributed by atoms with E-state index >= 15 is 0 Å². The highest BCUT2D eigenvalue weighted by atomic mass is 35.5. The van der Waals surface area contributed by atoms with Gasteiger partial charge in [-0.25, -0.2) is 4.68 Å². The van der Waals surface area contributed by atoms with Crippen LogP contribution in [0.25, 0.3) is 5.69 Å². The molecule has 0 atom stereocenters. The van der Waals surface area contributed by atoms with E-state index < -0.39 is 17.3 Å². The van der Waals surface area contributed by atoms with Crippen LogP contribution in [0.2, 0.25) is 5.02 Å². The lowest BCUT2D eigenvalue weighted by atomic mass is 9.82. The van der Waals surface area contributed by atoms with Gasteiger partial charge in [0.2, 0.25) is 0 Å². The van der Waals surface area contributed by atoms with E-state index in [0.717, 1.165) is 5.69 Å². The normalized spacial score (nSPS) is 11.4. The van der Waals surface area contributed by atoms with Gasteiger partial charge in [0.25, 0.3) is 5.91 Å². The first-order valence-electron chi connectivity index (χ1n) is 8.17. The lowest BCUT2D eigenvalue weighted by molar-refractivity contribution is -0.149. The van der Waals surface area contributed by atoms with Crippen LogP contribution in [0.1, 0.15) is 42.9 Å². The van der Waals surface area contributed by atoms with E-state index in [2.05, 4.69) is 10.4 Å². The number of halogens is 1. The highest BCUT2D eigenvalue weighted by Crippen LogP contribution is 2.26. The monoisotopic (exact) mass is 363 g/mol. The van der Waals surface area contributed by atoms with Gasteiger partial charge in [-0.2, -0.15) is 5.10 Å². The van der Waals surface area contributed by atoms with Crippen molar-refractivity contribution >= 4 is 23.5 Å². The maximum atomic E-state index is 12.4. The number of benzene rings is 1. The number of carbonyl (C=O) groups excluding carboxylic acids is 1. The Morgan fingerprint density at radius 2 is 1.92 bits per heavy atom. The second-order valence-electron chi connectivity index (χ2n) is 6.01. The van der Waals surface area contributed by atoms with Crippen LogP contribution in [-0.4, -0.2) is 33.3 Å². The Balaban J connectivity index is 2.20. The number of amides is 1. The summed E-state index contributed by atoms with van der Waals surface area (Å²) in [6, 6.07) is 8.87. The Bertz CT molecular complexity index is 782. The molecule has 7 heteroatoms. The zero-order valence-corrected chi connectivity index (χ0v) is 15.3. The first kappa shape index (κ1) is 19.0. The van der Waals surface area contributed by atoms with Crippen molar-refractivity contribution in [2.24, 2.45) is 5.41 Å². The Kier molecular flexibility index (Phi) is 5.85. The summed E-state index contributed by atoms with van der Waals surface area (Å²) in [5, 5.41) is 17.0. The third-order valence-electron chi connectivity index (χ3n) is 4.60. The van der Waals surface area contributed by atoms with Crippen molar-refractivity contribution in [3.05, 3.63) is 46.7 Å². The predicted octanol–water partition coefficient (Wildman–Crippen LogP) is 3.45. The van der Waals surface area contributed by atoms with Crippen LogP contribution in [0.5, 0.6) is 0 Å². The van der Waals surface area contributed by atoms with Gasteiger partial charge < -0.3 is 10.4 Å². The van der Waals surface area contributed by atoms with Gasteiger partial charge in [0, 0.05) is 12.2 Å². The Labute approximate surface area is 151 Å². The maximum absolute atomic E-state index is 12.4. The van der Waals surface area contributed by atoms with Gasteiger partial charge in [-0.3, -0.25) is 9.59 Å². The van der Waals surface area contributed by atoms with Crippen LogP contribution in [0.3, 0.4) is 0 Å². The number of carboxylic acid groups (broad SMARTS) is 1. The second kappa shape index (κ2) is 7.70. The molecule has 1 heterocycles. The van der Waals surface area contributed by atoms with Crippen molar-refractivity contribution in [2.75, 3.05) is 6.54 Å². The number of aryl methyl sites for hydroxylation is 1. The minimum absolute atomic E-state index is 0.0617. The number of nitrogens with zero attached hydrogens (tertiary/aromatic N) is 2. The van der Waals surface area contributed by atoms with E-state index in [9.17, 15) is 14.7 Å².